The van der Waals surface area contributed by atoms with E-state index in [1.807, 2.05) is 24.0 Å². The van der Waals surface area contributed by atoms with Gasteiger partial charge in [0.2, 0.25) is 10.0 Å². The van der Waals surface area contributed by atoms with Crippen molar-refractivity contribution in [3.63, 3.8) is 0 Å². The molecule has 0 aromatic carbocycles. The first kappa shape index (κ1) is 23.7. The number of hydrogen-bond donors (Lipinski definition) is 4. The van der Waals surface area contributed by atoms with Crippen molar-refractivity contribution in [1.29, 1.82) is 0 Å². The van der Waals surface area contributed by atoms with E-state index in [1.54, 1.807) is 4.90 Å². The van der Waals surface area contributed by atoms with Crippen molar-refractivity contribution in [2.45, 2.75) is 74.6 Å². The van der Waals surface area contributed by atoms with Crippen molar-refractivity contribution < 1.29 is 13.2 Å². The third-order valence-corrected chi connectivity index (χ3v) is 10.2. The number of urea groups is 1. The average molecular weight is 485 g/mol. The molecule has 0 bridgehead atoms. The summed E-state index contributed by atoms with van der Waals surface area (Å²) < 4.78 is 29.7. The first-order chi connectivity index (χ1) is 15.7. The minimum atomic E-state index is -3.45. The van der Waals surface area contributed by atoms with Gasteiger partial charge in [-0.2, -0.15) is 0 Å². The van der Waals surface area contributed by atoms with Gasteiger partial charge in [-0.1, -0.05) is 6.42 Å². The highest BCUT2D eigenvalue weighted by Gasteiger charge is 2.45. The van der Waals surface area contributed by atoms with E-state index < -0.39 is 15.3 Å². The van der Waals surface area contributed by atoms with Crippen LogP contribution < -0.4 is 20.9 Å². The SMILES string of the molecule is C[C@@H]1CN(C)C(=O)N1C1CCNC(N2CC(S(=O)(=O)NC3CCCC4CNN(C)C43)CN2)C1. The first-order valence-corrected chi connectivity index (χ1v) is 14.0. The van der Waals surface area contributed by atoms with Crippen LogP contribution in [0.2, 0.25) is 0 Å². The summed E-state index contributed by atoms with van der Waals surface area (Å²) in [6.45, 7) is 5.46. The molecule has 0 aromatic rings. The Hall–Kier alpha value is -1.02. The summed E-state index contributed by atoms with van der Waals surface area (Å²) >= 11 is 0. The summed E-state index contributed by atoms with van der Waals surface area (Å²) in [5.74, 6) is 0.507. The van der Waals surface area contributed by atoms with Crippen molar-refractivity contribution in [2.24, 2.45) is 5.92 Å². The normalized spacial score (nSPS) is 41.2. The quantitative estimate of drug-likeness (QED) is 0.390. The van der Waals surface area contributed by atoms with Gasteiger partial charge in [0.05, 0.1) is 6.17 Å². The fourth-order valence-electron chi connectivity index (χ4n) is 6.72. The van der Waals surface area contributed by atoms with Crippen LogP contribution in [0.4, 0.5) is 4.79 Å². The molecule has 5 fully saturated rings. The van der Waals surface area contributed by atoms with E-state index in [1.165, 1.54) is 0 Å². The van der Waals surface area contributed by atoms with Crippen molar-refractivity contribution in [3.05, 3.63) is 0 Å². The molecule has 5 rings (SSSR count). The summed E-state index contributed by atoms with van der Waals surface area (Å²) in [4.78, 5) is 16.4. The zero-order valence-electron chi connectivity index (χ0n) is 20.0. The van der Waals surface area contributed by atoms with Gasteiger partial charge < -0.3 is 15.1 Å². The molecule has 188 valence electrons. The number of amides is 2. The lowest BCUT2D eigenvalue weighted by atomic mass is 9.82. The largest absolute Gasteiger partial charge is 0.326 e. The van der Waals surface area contributed by atoms with Gasteiger partial charge in [0.15, 0.2) is 0 Å². The van der Waals surface area contributed by atoms with E-state index in [0.717, 1.165) is 51.7 Å². The average Bonchev–Trinajstić information content (AvgIpc) is 3.48. The summed E-state index contributed by atoms with van der Waals surface area (Å²) in [5.41, 5.74) is 6.70. The van der Waals surface area contributed by atoms with Crippen LogP contribution in [0.3, 0.4) is 0 Å². The predicted molar refractivity (Wildman–Crippen MR) is 125 cm³/mol. The van der Waals surface area contributed by atoms with E-state index in [-0.39, 0.29) is 36.4 Å². The smallest absolute Gasteiger partial charge is 0.320 e. The topological polar surface area (TPSA) is 112 Å². The van der Waals surface area contributed by atoms with Gasteiger partial charge in [-0.3, -0.25) is 10.9 Å². The van der Waals surface area contributed by atoms with Crippen LogP contribution >= 0.6 is 0 Å². The standard InChI is InChI=1S/C21H40N8O3S/c1-14-12-26(2)21(30)29(14)16-7-8-22-19(9-16)28-13-17(11-24-28)33(31,32)25-18-6-4-5-15-10-23-27(3)20(15)18/h14-20,22-25H,4-13H2,1-3H3/t14-,15?,16?,17?,18?,19?,20?/m1/s1. The fraction of sp³-hybridized carbons (Fsp3) is 0.952. The molecular weight excluding hydrogens is 444 g/mol. The Balaban J connectivity index is 1.20. The van der Waals surface area contributed by atoms with Gasteiger partial charge in [0.1, 0.15) is 5.25 Å². The Kier molecular flexibility index (Phi) is 6.62. The number of fused-ring (bicyclic) bond motifs is 1. The van der Waals surface area contributed by atoms with Gasteiger partial charge in [0, 0.05) is 64.4 Å². The van der Waals surface area contributed by atoms with Crippen molar-refractivity contribution in [3.8, 4) is 0 Å². The highest BCUT2D eigenvalue weighted by atomic mass is 32.2. The Morgan fingerprint density at radius 1 is 1.06 bits per heavy atom. The third kappa shape index (κ3) is 4.51. The molecule has 0 aromatic heterocycles. The maximum absolute atomic E-state index is 13.3. The molecule has 4 aliphatic heterocycles. The molecule has 0 radical (unpaired) electrons. The predicted octanol–water partition coefficient (Wildman–Crippen LogP) is -1.08. The summed E-state index contributed by atoms with van der Waals surface area (Å²) in [7, 11) is 0.421. The monoisotopic (exact) mass is 484 g/mol. The second-order valence-corrected chi connectivity index (χ2v) is 12.6. The third-order valence-electron chi connectivity index (χ3n) is 8.40. The molecule has 5 aliphatic rings. The Morgan fingerprint density at radius 3 is 2.64 bits per heavy atom. The number of hydrogen-bond acceptors (Lipinski definition) is 8. The van der Waals surface area contributed by atoms with Gasteiger partial charge in [-0.05, 0) is 45.1 Å². The molecule has 4 N–H and O–H groups in total. The second-order valence-electron chi connectivity index (χ2n) is 10.6. The zero-order valence-corrected chi connectivity index (χ0v) is 20.9. The van der Waals surface area contributed by atoms with Crippen LogP contribution in [0.1, 0.15) is 39.0 Å². The van der Waals surface area contributed by atoms with E-state index >= 15 is 0 Å². The summed E-state index contributed by atoms with van der Waals surface area (Å²) in [6.07, 6.45) is 4.83. The number of sulfonamides is 1. The number of hydrazine groups is 2. The molecule has 7 atom stereocenters. The van der Waals surface area contributed by atoms with Crippen LogP contribution in [0.25, 0.3) is 0 Å². The number of nitrogens with one attached hydrogen (secondary N) is 4. The van der Waals surface area contributed by atoms with E-state index in [0.29, 0.717) is 19.0 Å². The number of nitrogens with zero attached hydrogens (tertiary/aromatic N) is 4. The number of carbonyl (C=O) groups is 1. The van der Waals surface area contributed by atoms with Crippen LogP contribution in [0.5, 0.6) is 0 Å². The van der Waals surface area contributed by atoms with Crippen molar-refractivity contribution in [1.82, 2.24) is 40.7 Å². The number of likely N-dealkylation sites (N-methyl/N-ethyl adjacent to an activating group) is 2. The second kappa shape index (κ2) is 9.21. The molecule has 33 heavy (non-hydrogen) atoms. The maximum atomic E-state index is 13.3. The highest BCUT2D eigenvalue weighted by molar-refractivity contribution is 7.90. The van der Waals surface area contributed by atoms with Crippen molar-refractivity contribution >= 4 is 16.1 Å². The van der Waals surface area contributed by atoms with Gasteiger partial charge in [0.25, 0.3) is 0 Å². The van der Waals surface area contributed by atoms with Gasteiger partial charge >= 0.3 is 6.03 Å². The first-order valence-electron chi connectivity index (χ1n) is 12.5. The molecular formula is C21H40N8O3S. The van der Waals surface area contributed by atoms with Crippen LogP contribution in [0, 0.1) is 5.92 Å². The number of rotatable bonds is 5. The van der Waals surface area contributed by atoms with Crippen LogP contribution in [-0.4, -0.2) is 117 Å². The highest BCUT2D eigenvalue weighted by Crippen LogP contribution is 2.32. The maximum Gasteiger partial charge on any atom is 0.320 e. The summed E-state index contributed by atoms with van der Waals surface area (Å²) in [5, 5.41) is 7.18. The van der Waals surface area contributed by atoms with Gasteiger partial charge in [-0.15, -0.1) is 0 Å². The minimum absolute atomic E-state index is 0.0130. The molecule has 4 saturated heterocycles. The Bertz CT molecular complexity index is 841. The van der Waals surface area contributed by atoms with Crippen molar-refractivity contribution in [2.75, 3.05) is 46.8 Å². The molecule has 6 unspecified atom stereocenters. The lowest BCUT2D eigenvalue weighted by Crippen LogP contribution is -2.58. The molecule has 0 spiro atoms. The number of carbonyl (C=O) groups excluding carboxylic acids is 1. The lowest BCUT2D eigenvalue weighted by molar-refractivity contribution is 0.0709. The van der Waals surface area contributed by atoms with E-state index in [4.69, 9.17) is 0 Å². The van der Waals surface area contributed by atoms with E-state index in [9.17, 15) is 13.2 Å². The summed E-state index contributed by atoms with van der Waals surface area (Å²) in [6, 6.07) is 0.656. The lowest BCUT2D eigenvalue weighted by Gasteiger charge is -2.40. The zero-order chi connectivity index (χ0) is 23.3. The minimum Gasteiger partial charge on any atom is -0.326 e. The molecule has 2 amide bonds. The number of piperidine rings is 1. The Morgan fingerprint density at radius 2 is 1.88 bits per heavy atom. The van der Waals surface area contributed by atoms with Crippen LogP contribution in [-0.2, 0) is 10.0 Å². The molecule has 1 aliphatic carbocycles. The Labute approximate surface area is 197 Å². The molecule has 4 heterocycles. The molecule has 11 nitrogen and oxygen atoms in total. The fourth-order valence-corrected chi connectivity index (χ4v) is 8.25. The molecule has 12 heteroatoms. The van der Waals surface area contributed by atoms with E-state index in [2.05, 4.69) is 32.8 Å². The van der Waals surface area contributed by atoms with Gasteiger partial charge in [-0.25, -0.2) is 28.0 Å². The molecule has 1 saturated carbocycles. The van der Waals surface area contributed by atoms with Crippen LogP contribution in [0.15, 0.2) is 0 Å².